The van der Waals surface area contributed by atoms with Gasteiger partial charge in [0.15, 0.2) is 0 Å². The zero-order valence-corrected chi connectivity index (χ0v) is 13.0. The van der Waals surface area contributed by atoms with E-state index in [2.05, 4.69) is 17.6 Å². The van der Waals surface area contributed by atoms with Crippen molar-refractivity contribution in [1.82, 2.24) is 10.6 Å². The van der Waals surface area contributed by atoms with Crippen LogP contribution < -0.4 is 10.6 Å². The van der Waals surface area contributed by atoms with Gasteiger partial charge in [-0.2, -0.15) is 0 Å². The molecule has 21 heavy (non-hydrogen) atoms. The molecule has 0 saturated heterocycles. The van der Waals surface area contributed by atoms with E-state index in [0.29, 0.717) is 25.3 Å². The van der Waals surface area contributed by atoms with Crippen molar-refractivity contribution in [2.75, 3.05) is 6.54 Å². The highest BCUT2D eigenvalue weighted by Crippen LogP contribution is 2.32. The van der Waals surface area contributed by atoms with Gasteiger partial charge in [-0.25, -0.2) is 9.59 Å². The second-order valence-electron chi connectivity index (χ2n) is 6.91. The van der Waals surface area contributed by atoms with Gasteiger partial charge in [0.25, 0.3) is 0 Å². The van der Waals surface area contributed by atoms with Gasteiger partial charge < -0.3 is 15.7 Å². The molecule has 2 fully saturated rings. The standard InChI is InChI=1S/C16H28N2O3/c1-12-5-4-9-16(11-12,14(19)20)18-15(21)17-10-8-13-6-2-3-7-13/h12-13H,2-11H2,1H3,(H,19,20)(H2,17,18,21). The molecule has 2 amide bonds. The van der Waals surface area contributed by atoms with Crippen LogP contribution in [0.3, 0.4) is 0 Å². The zero-order valence-electron chi connectivity index (χ0n) is 13.0. The molecule has 3 N–H and O–H groups in total. The Morgan fingerprint density at radius 2 is 1.90 bits per heavy atom. The molecule has 0 aromatic rings. The smallest absolute Gasteiger partial charge is 0.329 e. The van der Waals surface area contributed by atoms with Gasteiger partial charge in [-0.15, -0.1) is 0 Å². The summed E-state index contributed by atoms with van der Waals surface area (Å²) in [6, 6.07) is -0.329. The molecule has 0 bridgehead atoms. The normalized spacial score (nSPS) is 30.0. The number of hydrogen-bond donors (Lipinski definition) is 3. The van der Waals surface area contributed by atoms with Crippen LogP contribution in [0, 0.1) is 11.8 Å². The summed E-state index contributed by atoms with van der Waals surface area (Å²) >= 11 is 0. The third kappa shape index (κ3) is 4.35. The Hall–Kier alpha value is -1.26. The predicted octanol–water partition coefficient (Wildman–Crippen LogP) is 2.90. The molecule has 2 unspecified atom stereocenters. The van der Waals surface area contributed by atoms with Crippen molar-refractivity contribution >= 4 is 12.0 Å². The molecule has 2 rings (SSSR count). The molecule has 2 aliphatic rings. The van der Waals surface area contributed by atoms with E-state index in [9.17, 15) is 14.7 Å². The summed E-state index contributed by atoms with van der Waals surface area (Å²) in [5, 5.41) is 15.1. The van der Waals surface area contributed by atoms with Crippen molar-refractivity contribution in [3.63, 3.8) is 0 Å². The van der Waals surface area contributed by atoms with E-state index in [4.69, 9.17) is 0 Å². The number of nitrogens with one attached hydrogen (secondary N) is 2. The first kappa shape index (κ1) is 16.1. The van der Waals surface area contributed by atoms with Gasteiger partial charge in [-0.05, 0) is 31.1 Å². The number of carbonyl (C=O) groups is 2. The Balaban J connectivity index is 1.79. The molecule has 5 nitrogen and oxygen atoms in total. The van der Waals surface area contributed by atoms with Gasteiger partial charge in [0.2, 0.25) is 0 Å². The lowest BCUT2D eigenvalue weighted by Gasteiger charge is -2.37. The number of rotatable bonds is 5. The maximum Gasteiger partial charge on any atom is 0.329 e. The summed E-state index contributed by atoms with van der Waals surface area (Å²) in [7, 11) is 0. The average molecular weight is 296 g/mol. The molecule has 5 heteroatoms. The molecule has 2 aliphatic carbocycles. The van der Waals surface area contributed by atoms with Crippen molar-refractivity contribution in [3.8, 4) is 0 Å². The largest absolute Gasteiger partial charge is 0.480 e. The van der Waals surface area contributed by atoms with Gasteiger partial charge in [0, 0.05) is 6.54 Å². The second-order valence-corrected chi connectivity index (χ2v) is 6.91. The van der Waals surface area contributed by atoms with Gasteiger partial charge >= 0.3 is 12.0 Å². The number of carboxylic acid groups (broad SMARTS) is 1. The second kappa shape index (κ2) is 7.14. The van der Waals surface area contributed by atoms with Crippen molar-refractivity contribution in [2.24, 2.45) is 11.8 Å². The van der Waals surface area contributed by atoms with Crippen LogP contribution in [-0.4, -0.2) is 29.2 Å². The van der Waals surface area contributed by atoms with Crippen LogP contribution in [0.5, 0.6) is 0 Å². The van der Waals surface area contributed by atoms with E-state index in [-0.39, 0.29) is 6.03 Å². The Kier molecular flexibility index (Phi) is 5.48. The average Bonchev–Trinajstić information content (AvgIpc) is 2.91. The summed E-state index contributed by atoms with van der Waals surface area (Å²) in [6.45, 7) is 2.69. The SMILES string of the molecule is CC1CCCC(NC(=O)NCCC2CCCC2)(C(=O)O)C1. The minimum absolute atomic E-state index is 0.329. The maximum atomic E-state index is 12.0. The number of urea groups is 1. The van der Waals surface area contributed by atoms with E-state index in [1.807, 2.05) is 0 Å². The van der Waals surface area contributed by atoms with Crippen molar-refractivity contribution in [2.45, 2.75) is 70.3 Å². The number of amides is 2. The first-order chi connectivity index (χ1) is 10.0. The lowest BCUT2D eigenvalue weighted by atomic mass is 9.76. The Labute approximate surface area is 126 Å². The van der Waals surface area contributed by atoms with Gasteiger partial charge in [0.05, 0.1) is 0 Å². The monoisotopic (exact) mass is 296 g/mol. The highest BCUT2D eigenvalue weighted by Gasteiger charge is 2.43. The molecule has 0 aromatic heterocycles. The highest BCUT2D eigenvalue weighted by atomic mass is 16.4. The van der Waals surface area contributed by atoms with Crippen LogP contribution in [0.2, 0.25) is 0 Å². The van der Waals surface area contributed by atoms with E-state index < -0.39 is 11.5 Å². The van der Waals surface area contributed by atoms with Crippen LogP contribution in [0.1, 0.15) is 64.7 Å². The van der Waals surface area contributed by atoms with Crippen LogP contribution in [0.15, 0.2) is 0 Å². The zero-order chi connectivity index (χ0) is 15.3. The predicted molar refractivity (Wildman–Crippen MR) is 81.1 cm³/mol. The van der Waals surface area contributed by atoms with Crippen LogP contribution >= 0.6 is 0 Å². The number of carbonyl (C=O) groups excluding carboxylic acids is 1. The maximum absolute atomic E-state index is 12.0. The van der Waals surface area contributed by atoms with Crippen LogP contribution in [0.25, 0.3) is 0 Å². The number of aliphatic carboxylic acids is 1. The Morgan fingerprint density at radius 1 is 1.19 bits per heavy atom. The third-order valence-corrected chi connectivity index (χ3v) is 5.07. The van der Waals surface area contributed by atoms with E-state index >= 15 is 0 Å². The first-order valence-corrected chi connectivity index (χ1v) is 8.31. The third-order valence-electron chi connectivity index (χ3n) is 5.07. The van der Waals surface area contributed by atoms with Gasteiger partial charge in [0.1, 0.15) is 5.54 Å². The Bertz CT molecular complexity index is 380. The molecule has 0 aliphatic heterocycles. The number of hydrogen-bond acceptors (Lipinski definition) is 2. The quantitative estimate of drug-likeness (QED) is 0.730. The minimum atomic E-state index is -1.07. The summed E-state index contributed by atoms with van der Waals surface area (Å²) < 4.78 is 0. The van der Waals surface area contributed by atoms with Gasteiger partial charge in [-0.1, -0.05) is 45.4 Å². The molecule has 0 heterocycles. The molecule has 2 atom stereocenters. The molecule has 2 saturated carbocycles. The molecule has 0 radical (unpaired) electrons. The molecular formula is C16H28N2O3. The van der Waals surface area contributed by atoms with Crippen molar-refractivity contribution < 1.29 is 14.7 Å². The highest BCUT2D eigenvalue weighted by molar-refractivity contribution is 5.86. The van der Waals surface area contributed by atoms with Crippen LogP contribution in [0.4, 0.5) is 4.79 Å². The lowest BCUT2D eigenvalue weighted by Crippen LogP contribution is -2.59. The first-order valence-electron chi connectivity index (χ1n) is 8.31. The van der Waals surface area contributed by atoms with Crippen molar-refractivity contribution in [1.29, 1.82) is 0 Å². The van der Waals surface area contributed by atoms with E-state index in [0.717, 1.165) is 25.2 Å². The van der Waals surface area contributed by atoms with E-state index in [1.54, 1.807) is 0 Å². The van der Waals surface area contributed by atoms with Gasteiger partial charge in [-0.3, -0.25) is 0 Å². The summed E-state index contributed by atoms with van der Waals surface area (Å²) in [5.41, 5.74) is -1.07. The van der Waals surface area contributed by atoms with Crippen molar-refractivity contribution in [3.05, 3.63) is 0 Å². The molecule has 0 aromatic carbocycles. The minimum Gasteiger partial charge on any atom is -0.480 e. The summed E-state index contributed by atoms with van der Waals surface area (Å²) in [5.74, 6) is 0.169. The topological polar surface area (TPSA) is 78.4 Å². The molecular weight excluding hydrogens is 268 g/mol. The fourth-order valence-corrected chi connectivity index (χ4v) is 3.86. The lowest BCUT2D eigenvalue weighted by molar-refractivity contribution is -0.146. The molecule has 120 valence electrons. The van der Waals surface area contributed by atoms with E-state index in [1.165, 1.54) is 25.7 Å². The fourth-order valence-electron chi connectivity index (χ4n) is 3.86. The Morgan fingerprint density at radius 3 is 2.52 bits per heavy atom. The summed E-state index contributed by atoms with van der Waals surface area (Å²) in [6.07, 6.45) is 9.09. The molecule has 0 spiro atoms. The number of carboxylic acids is 1. The fraction of sp³-hybridized carbons (Fsp3) is 0.875. The van der Waals surface area contributed by atoms with Crippen LogP contribution in [-0.2, 0) is 4.79 Å². The summed E-state index contributed by atoms with van der Waals surface area (Å²) in [4.78, 5) is 23.6.